The molecule has 0 unspecified atom stereocenters. The second-order valence-electron chi connectivity index (χ2n) is 7.55. The second kappa shape index (κ2) is 10.1. The lowest BCUT2D eigenvalue weighted by Crippen LogP contribution is -2.37. The van der Waals surface area contributed by atoms with Crippen LogP contribution in [0, 0.1) is 12.3 Å². The minimum Gasteiger partial charge on any atom is -0.384 e. The summed E-state index contributed by atoms with van der Waals surface area (Å²) in [5, 5.41) is 10.1. The van der Waals surface area contributed by atoms with Crippen molar-refractivity contribution in [3.8, 4) is 0 Å². The Hall–Kier alpha value is -3.92. The normalized spacial score (nSPS) is 11.1. The van der Waals surface area contributed by atoms with Gasteiger partial charge in [0.1, 0.15) is 5.84 Å². The van der Waals surface area contributed by atoms with Gasteiger partial charge in [-0.2, -0.15) is 0 Å². The van der Waals surface area contributed by atoms with Gasteiger partial charge in [0.25, 0.3) is 5.56 Å². The topological polar surface area (TPSA) is 147 Å². The van der Waals surface area contributed by atoms with Crippen LogP contribution in [-0.4, -0.2) is 24.8 Å². The maximum absolute atomic E-state index is 12.9. The molecule has 3 rings (SSSR count). The number of carbonyl (C=O) groups is 1. The number of aryl methyl sites for hydroxylation is 1. The van der Waals surface area contributed by atoms with Crippen LogP contribution in [0.5, 0.6) is 0 Å². The van der Waals surface area contributed by atoms with Gasteiger partial charge in [-0.25, -0.2) is 17.9 Å². The number of aromatic nitrogens is 1. The molecule has 0 aliphatic heterocycles. The number of hydrogen-bond acceptors (Lipinski definition) is 5. The van der Waals surface area contributed by atoms with Gasteiger partial charge in [0.2, 0.25) is 15.9 Å². The van der Waals surface area contributed by atoms with Crippen molar-refractivity contribution in [3.63, 3.8) is 0 Å². The van der Waals surface area contributed by atoms with Crippen molar-refractivity contribution in [2.45, 2.75) is 25.6 Å². The molecule has 1 amide bonds. The average Bonchev–Trinajstić information content (AvgIpc) is 2.78. The summed E-state index contributed by atoms with van der Waals surface area (Å²) in [4.78, 5) is 27.6. The lowest BCUT2D eigenvalue weighted by molar-refractivity contribution is -0.120. The van der Waals surface area contributed by atoms with E-state index in [2.05, 4.69) is 10.1 Å². The maximum Gasteiger partial charge on any atom is 0.273 e. The summed E-state index contributed by atoms with van der Waals surface area (Å²) >= 11 is 0. The lowest BCUT2D eigenvalue weighted by atomic mass is 10.1. The van der Waals surface area contributed by atoms with E-state index in [1.54, 1.807) is 67.6 Å². The van der Waals surface area contributed by atoms with Crippen molar-refractivity contribution < 1.29 is 13.2 Å². The van der Waals surface area contributed by atoms with Crippen LogP contribution in [0.1, 0.15) is 27.8 Å². The van der Waals surface area contributed by atoms with Gasteiger partial charge in [-0.1, -0.05) is 54.6 Å². The molecule has 5 N–H and O–H groups in total. The van der Waals surface area contributed by atoms with Crippen LogP contribution < -0.4 is 21.4 Å². The number of nitrogens with zero attached hydrogens (tertiary/aromatic N) is 1. The van der Waals surface area contributed by atoms with E-state index in [0.29, 0.717) is 16.7 Å². The molecule has 10 heteroatoms. The molecule has 0 atom stereocenters. The number of rotatable bonds is 9. The van der Waals surface area contributed by atoms with Crippen LogP contribution >= 0.6 is 0 Å². The van der Waals surface area contributed by atoms with E-state index in [1.165, 1.54) is 6.20 Å². The first-order valence-corrected chi connectivity index (χ1v) is 11.8. The van der Waals surface area contributed by atoms with Crippen molar-refractivity contribution in [1.29, 1.82) is 5.41 Å². The van der Waals surface area contributed by atoms with Crippen molar-refractivity contribution in [3.05, 3.63) is 105 Å². The molecular formula is C23H25N5O4S. The highest BCUT2D eigenvalue weighted by molar-refractivity contribution is 7.91. The van der Waals surface area contributed by atoms with Crippen LogP contribution in [0.4, 0.5) is 0 Å². The van der Waals surface area contributed by atoms with Gasteiger partial charge < -0.3 is 11.1 Å². The van der Waals surface area contributed by atoms with Crippen LogP contribution in [0.2, 0.25) is 0 Å². The Morgan fingerprint density at radius 1 is 1.03 bits per heavy atom. The van der Waals surface area contributed by atoms with Gasteiger partial charge >= 0.3 is 0 Å². The molecule has 33 heavy (non-hydrogen) atoms. The zero-order chi connectivity index (χ0) is 24.0. The summed E-state index contributed by atoms with van der Waals surface area (Å²) in [5.41, 5.74) is 7.58. The minimum atomic E-state index is -3.84. The van der Waals surface area contributed by atoms with Gasteiger partial charge in [0.05, 0.1) is 12.2 Å². The monoisotopic (exact) mass is 467 g/mol. The van der Waals surface area contributed by atoms with Crippen LogP contribution in [0.15, 0.2) is 71.7 Å². The molecule has 3 aromatic rings. The molecule has 1 aromatic heterocycles. The quantitative estimate of drug-likeness (QED) is 0.277. The van der Waals surface area contributed by atoms with Crippen molar-refractivity contribution in [2.24, 2.45) is 5.73 Å². The zero-order valence-electron chi connectivity index (χ0n) is 18.0. The number of nitrogen functional groups attached to an aromatic ring is 1. The molecule has 0 saturated carbocycles. The number of hydrogen-bond donors (Lipinski definition) is 4. The fraction of sp³-hybridized carbons (Fsp3) is 0.174. The number of amides is 1. The van der Waals surface area contributed by atoms with Crippen LogP contribution in [0.3, 0.4) is 0 Å². The predicted octanol–water partition coefficient (Wildman–Crippen LogP) is 1.37. The number of nitrogens with two attached hydrogens (primary N) is 1. The molecule has 172 valence electrons. The number of pyridine rings is 1. The van der Waals surface area contributed by atoms with Gasteiger partial charge in [0, 0.05) is 23.9 Å². The van der Waals surface area contributed by atoms with Crippen molar-refractivity contribution in [2.75, 3.05) is 4.83 Å². The Kier molecular flexibility index (Phi) is 7.29. The van der Waals surface area contributed by atoms with Gasteiger partial charge in [0.15, 0.2) is 0 Å². The lowest BCUT2D eigenvalue weighted by Gasteiger charge is -2.13. The van der Waals surface area contributed by atoms with Gasteiger partial charge in [-0.05, 0) is 29.7 Å². The number of sulfonamides is 1. The highest BCUT2D eigenvalue weighted by atomic mass is 32.2. The first-order chi connectivity index (χ1) is 15.6. The average molecular weight is 468 g/mol. The highest BCUT2D eigenvalue weighted by Gasteiger charge is 2.16. The number of carbonyl (C=O) groups excluding carboxylic acids is 1. The Bertz CT molecular complexity index is 1320. The molecule has 0 aliphatic carbocycles. The molecular weight excluding hydrogens is 442 g/mol. The van der Waals surface area contributed by atoms with E-state index in [9.17, 15) is 18.0 Å². The summed E-state index contributed by atoms with van der Waals surface area (Å²) in [6.45, 7) is 1.92. The zero-order valence-corrected chi connectivity index (χ0v) is 18.9. The molecule has 2 aromatic carbocycles. The molecule has 0 spiro atoms. The molecule has 9 nitrogen and oxygen atoms in total. The fourth-order valence-corrected chi connectivity index (χ4v) is 4.30. The molecule has 0 aliphatic rings. The second-order valence-corrected chi connectivity index (χ2v) is 9.25. The third-order valence-corrected chi connectivity index (χ3v) is 6.14. The minimum absolute atomic E-state index is 0.0409. The predicted molar refractivity (Wildman–Crippen MR) is 127 cm³/mol. The first-order valence-electron chi connectivity index (χ1n) is 10.1. The summed E-state index contributed by atoms with van der Waals surface area (Å²) in [5.74, 6) is -0.705. The summed E-state index contributed by atoms with van der Waals surface area (Å²) in [6, 6.07) is 17.1. The fourth-order valence-electron chi connectivity index (χ4n) is 3.16. The maximum atomic E-state index is 12.9. The van der Waals surface area contributed by atoms with E-state index in [4.69, 9.17) is 11.1 Å². The van der Waals surface area contributed by atoms with Crippen molar-refractivity contribution >= 4 is 21.8 Å². The van der Waals surface area contributed by atoms with Gasteiger partial charge in [-0.3, -0.25) is 15.0 Å². The summed E-state index contributed by atoms with van der Waals surface area (Å²) in [6.07, 6.45) is 1.13. The third kappa shape index (κ3) is 6.53. The van der Waals surface area contributed by atoms with E-state index in [0.717, 1.165) is 10.2 Å². The largest absolute Gasteiger partial charge is 0.384 e. The SMILES string of the molecule is Cc1ccn(NS(=O)(=O)Cc2ccccc2)c(=O)c1CC(=O)NCc1ccc(C(=N)N)cc1. The van der Waals surface area contributed by atoms with E-state index >= 15 is 0 Å². The third-order valence-electron chi connectivity index (χ3n) is 4.96. The van der Waals surface area contributed by atoms with Crippen LogP contribution in [-0.2, 0) is 33.5 Å². The Morgan fingerprint density at radius 3 is 2.33 bits per heavy atom. The Balaban J connectivity index is 1.68. The summed E-state index contributed by atoms with van der Waals surface area (Å²) in [7, 11) is -3.84. The van der Waals surface area contributed by atoms with E-state index < -0.39 is 15.6 Å². The van der Waals surface area contributed by atoms with Crippen molar-refractivity contribution in [1.82, 2.24) is 9.99 Å². The highest BCUT2D eigenvalue weighted by Crippen LogP contribution is 2.07. The smallest absolute Gasteiger partial charge is 0.273 e. The molecule has 0 radical (unpaired) electrons. The van der Waals surface area contributed by atoms with E-state index in [1.807, 2.05) is 0 Å². The van der Waals surface area contributed by atoms with E-state index in [-0.39, 0.29) is 36.0 Å². The van der Waals surface area contributed by atoms with Crippen LogP contribution in [0.25, 0.3) is 0 Å². The standard InChI is InChI=1S/C23H25N5O4S/c1-16-11-12-28(27-33(31,32)15-18-5-3-2-4-6-18)23(30)20(16)13-21(29)26-14-17-7-9-19(10-8-17)22(24)25/h2-12,27H,13-15H2,1H3,(H3,24,25)(H,26,29). The number of benzene rings is 2. The number of amidine groups is 1. The molecule has 0 saturated heterocycles. The number of nitrogens with one attached hydrogen (secondary N) is 3. The Morgan fingerprint density at radius 2 is 1.70 bits per heavy atom. The molecule has 1 heterocycles. The Labute approximate surface area is 191 Å². The summed E-state index contributed by atoms with van der Waals surface area (Å²) < 4.78 is 25.9. The molecule has 0 bridgehead atoms. The van der Waals surface area contributed by atoms with Gasteiger partial charge in [-0.15, -0.1) is 0 Å². The molecule has 0 fully saturated rings. The first kappa shape index (κ1) is 23.7.